The summed E-state index contributed by atoms with van der Waals surface area (Å²) in [5.74, 6) is 0.702. The number of guanidine groups is 1. The minimum absolute atomic E-state index is 0. The van der Waals surface area contributed by atoms with E-state index in [0.717, 1.165) is 24.9 Å². The summed E-state index contributed by atoms with van der Waals surface area (Å²) >= 11 is 0. The van der Waals surface area contributed by atoms with Crippen molar-refractivity contribution in [1.29, 1.82) is 0 Å². The number of hydrogen-bond donors (Lipinski definition) is 3. The Balaban J connectivity index is 0.00000363. The standard InChI is InChI=1S/C23H32N4O3S.HI/c1-24-22(26-18-23(12-7-13-23)20-9-4-3-5-10-20)25-17-19-8-6-11-21(16-19)31(28,29)27-14-15-30-2;/h3-6,8-11,16,27H,7,12-15,17-18H2,1-2H3,(H2,24,25,26);1H. The molecule has 0 heterocycles. The van der Waals surface area contributed by atoms with Crippen molar-refractivity contribution in [3.05, 3.63) is 65.7 Å². The number of ether oxygens (including phenoxy) is 1. The average Bonchev–Trinajstić information content (AvgIpc) is 2.76. The van der Waals surface area contributed by atoms with Gasteiger partial charge in [-0.15, -0.1) is 24.0 Å². The summed E-state index contributed by atoms with van der Waals surface area (Å²) in [7, 11) is -0.281. The van der Waals surface area contributed by atoms with Gasteiger partial charge in [-0.05, 0) is 36.1 Å². The van der Waals surface area contributed by atoms with E-state index in [2.05, 4.69) is 44.6 Å². The van der Waals surface area contributed by atoms with Crippen molar-refractivity contribution in [2.45, 2.75) is 36.1 Å². The van der Waals surface area contributed by atoms with Crippen molar-refractivity contribution in [2.24, 2.45) is 4.99 Å². The summed E-state index contributed by atoms with van der Waals surface area (Å²) in [5, 5.41) is 6.75. The van der Waals surface area contributed by atoms with Gasteiger partial charge in [0.15, 0.2) is 5.96 Å². The van der Waals surface area contributed by atoms with Crippen LogP contribution in [0.25, 0.3) is 0 Å². The van der Waals surface area contributed by atoms with Crippen molar-refractivity contribution < 1.29 is 13.2 Å². The smallest absolute Gasteiger partial charge is 0.240 e. The highest BCUT2D eigenvalue weighted by Gasteiger charge is 2.38. The summed E-state index contributed by atoms with van der Waals surface area (Å²) in [4.78, 5) is 4.57. The van der Waals surface area contributed by atoms with E-state index >= 15 is 0 Å². The molecule has 2 aromatic rings. The maximum absolute atomic E-state index is 12.4. The van der Waals surface area contributed by atoms with Crippen LogP contribution in [-0.2, 0) is 26.7 Å². The van der Waals surface area contributed by atoms with Crippen molar-refractivity contribution in [1.82, 2.24) is 15.4 Å². The SMILES string of the molecule is CN=C(NCc1cccc(S(=O)(=O)NCCOC)c1)NCC1(c2ccccc2)CCC1.I. The summed E-state index contributed by atoms with van der Waals surface area (Å²) in [5.41, 5.74) is 2.38. The van der Waals surface area contributed by atoms with Crippen LogP contribution < -0.4 is 15.4 Å². The van der Waals surface area contributed by atoms with Crippen LogP contribution in [0.1, 0.15) is 30.4 Å². The summed E-state index contributed by atoms with van der Waals surface area (Å²) in [6, 6.07) is 17.5. The van der Waals surface area contributed by atoms with Gasteiger partial charge >= 0.3 is 0 Å². The molecule has 9 heteroatoms. The van der Waals surface area contributed by atoms with Crippen LogP contribution in [0.4, 0.5) is 0 Å². The van der Waals surface area contributed by atoms with Gasteiger partial charge in [0.05, 0.1) is 11.5 Å². The predicted molar refractivity (Wildman–Crippen MR) is 139 cm³/mol. The Morgan fingerprint density at radius 2 is 1.84 bits per heavy atom. The van der Waals surface area contributed by atoms with E-state index in [4.69, 9.17) is 4.74 Å². The fraction of sp³-hybridized carbons (Fsp3) is 0.435. The molecule has 0 radical (unpaired) electrons. The summed E-state index contributed by atoms with van der Waals surface area (Å²) in [6.07, 6.45) is 3.57. The van der Waals surface area contributed by atoms with Crippen molar-refractivity contribution in [2.75, 3.05) is 33.9 Å². The normalized spacial score (nSPS) is 15.4. The Kier molecular flexibility index (Phi) is 10.4. The van der Waals surface area contributed by atoms with E-state index in [1.54, 1.807) is 25.2 Å². The molecule has 0 spiro atoms. The van der Waals surface area contributed by atoms with Gasteiger partial charge in [0.1, 0.15) is 0 Å². The Labute approximate surface area is 208 Å². The number of nitrogens with zero attached hydrogens (tertiary/aromatic N) is 1. The van der Waals surface area contributed by atoms with Crippen LogP contribution >= 0.6 is 24.0 Å². The monoisotopic (exact) mass is 572 g/mol. The largest absolute Gasteiger partial charge is 0.383 e. The molecule has 3 N–H and O–H groups in total. The van der Waals surface area contributed by atoms with Crippen molar-refractivity contribution >= 4 is 40.0 Å². The number of benzene rings is 2. The van der Waals surface area contributed by atoms with Crippen LogP contribution in [0, 0.1) is 0 Å². The Hall–Kier alpha value is -1.69. The van der Waals surface area contributed by atoms with Gasteiger partial charge in [0, 0.05) is 39.2 Å². The number of methoxy groups -OCH3 is 1. The molecule has 0 saturated heterocycles. The zero-order chi connectivity index (χ0) is 22.2. The molecular formula is C23H33IN4O3S. The van der Waals surface area contributed by atoms with E-state index in [9.17, 15) is 8.42 Å². The van der Waals surface area contributed by atoms with Crippen LogP contribution in [0.15, 0.2) is 64.5 Å². The lowest BCUT2D eigenvalue weighted by atomic mass is 9.64. The number of halogens is 1. The van der Waals surface area contributed by atoms with Gasteiger partial charge in [-0.3, -0.25) is 4.99 Å². The fourth-order valence-electron chi connectivity index (χ4n) is 3.81. The third-order valence-electron chi connectivity index (χ3n) is 5.78. The van der Waals surface area contributed by atoms with Gasteiger partial charge in [0.25, 0.3) is 0 Å². The molecule has 0 amide bonds. The number of hydrogen-bond acceptors (Lipinski definition) is 4. The fourth-order valence-corrected chi connectivity index (χ4v) is 4.89. The Bertz CT molecular complexity index is 980. The molecule has 3 rings (SSSR count). The second kappa shape index (κ2) is 12.5. The molecule has 0 aromatic heterocycles. The van der Waals surface area contributed by atoms with Crippen LogP contribution in [0.3, 0.4) is 0 Å². The summed E-state index contributed by atoms with van der Waals surface area (Å²) < 4.78 is 32.3. The molecular weight excluding hydrogens is 539 g/mol. The van der Waals surface area contributed by atoms with E-state index < -0.39 is 10.0 Å². The van der Waals surface area contributed by atoms with E-state index in [-0.39, 0.29) is 40.8 Å². The van der Waals surface area contributed by atoms with Gasteiger partial charge in [-0.25, -0.2) is 13.1 Å². The van der Waals surface area contributed by atoms with Crippen LogP contribution in [0.2, 0.25) is 0 Å². The second-order valence-electron chi connectivity index (χ2n) is 7.82. The third kappa shape index (κ3) is 6.90. The lowest BCUT2D eigenvalue weighted by Crippen LogP contribution is -2.48. The van der Waals surface area contributed by atoms with E-state index in [0.29, 0.717) is 19.1 Å². The number of aliphatic imine (C=N–C) groups is 1. The lowest BCUT2D eigenvalue weighted by molar-refractivity contribution is 0.204. The highest BCUT2D eigenvalue weighted by molar-refractivity contribution is 14.0. The van der Waals surface area contributed by atoms with Crippen molar-refractivity contribution in [3.63, 3.8) is 0 Å². The Morgan fingerprint density at radius 3 is 2.47 bits per heavy atom. The maximum atomic E-state index is 12.4. The summed E-state index contributed by atoms with van der Waals surface area (Å²) in [6.45, 7) is 1.85. The first-order valence-corrected chi connectivity index (χ1v) is 12.0. The first-order valence-electron chi connectivity index (χ1n) is 10.6. The highest BCUT2D eigenvalue weighted by Crippen LogP contribution is 2.43. The number of nitrogens with one attached hydrogen (secondary N) is 3. The quantitative estimate of drug-likeness (QED) is 0.176. The molecule has 0 unspecified atom stereocenters. The highest BCUT2D eigenvalue weighted by atomic mass is 127. The zero-order valence-electron chi connectivity index (χ0n) is 18.6. The maximum Gasteiger partial charge on any atom is 0.240 e. The topological polar surface area (TPSA) is 91.8 Å². The van der Waals surface area contributed by atoms with Crippen LogP contribution in [0.5, 0.6) is 0 Å². The molecule has 7 nitrogen and oxygen atoms in total. The molecule has 0 aliphatic heterocycles. The first kappa shape index (κ1) is 26.6. The van der Waals surface area contributed by atoms with Gasteiger partial charge < -0.3 is 15.4 Å². The van der Waals surface area contributed by atoms with Gasteiger partial charge in [-0.2, -0.15) is 0 Å². The van der Waals surface area contributed by atoms with Crippen molar-refractivity contribution in [3.8, 4) is 0 Å². The minimum Gasteiger partial charge on any atom is -0.383 e. The van der Waals surface area contributed by atoms with Crippen LogP contribution in [-0.4, -0.2) is 48.2 Å². The number of rotatable bonds is 10. The third-order valence-corrected chi connectivity index (χ3v) is 7.24. The Morgan fingerprint density at radius 1 is 1.09 bits per heavy atom. The first-order chi connectivity index (χ1) is 15.0. The molecule has 1 fully saturated rings. The molecule has 1 aliphatic carbocycles. The average molecular weight is 573 g/mol. The second-order valence-corrected chi connectivity index (χ2v) is 9.58. The molecule has 1 aliphatic rings. The predicted octanol–water partition coefficient (Wildman–Crippen LogP) is 3.02. The van der Waals surface area contributed by atoms with E-state index in [1.807, 2.05) is 12.1 Å². The molecule has 2 aromatic carbocycles. The van der Waals surface area contributed by atoms with E-state index in [1.165, 1.54) is 19.1 Å². The number of sulfonamides is 1. The molecule has 32 heavy (non-hydrogen) atoms. The lowest BCUT2D eigenvalue weighted by Gasteiger charge is -2.43. The zero-order valence-corrected chi connectivity index (χ0v) is 21.8. The molecule has 0 atom stereocenters. The molecule has 1 saturated carbocycles. The minimum atomic E-state index is -3.56. The molecule has 0 bridgehead atoms. The van der Waals surface area contributed by atoms with Gasteiger partial charge in [-0.1, -0.05) is 48.9 Å². The van der Waals surface area contributed by atoms with Gasteiger partial charge in [0.2, 0.25) is 10.0 Å². The molecule has 176 valence electrons.